The Balaban J connectivity index is 0.00000288. The van der Waals surface area contributed by atoms with Crippen molar-refractivity contribution >= 4 is 47.1 Å². The lowest BCUT2D eigenvalue weighted by Crippen LogP contribution is -2.36. The van der Waals surface area contributed by atoms with Gasteiger partial charge in [0.15, 0.2) is 5.96 Å². The summed E-state index contributed by atoms with van der Waals surface area (Å²) in [5, 5.41) is 8.81. The van der Waals surface area contributed by atoms with E-state index in [0.29, 0.717) is 6.54 Å². The van der Waals surface area contributed by atoms with Gasteiger partial charge in [0.05, 0.1) is 13.1 Å². The number of hydrogen-bond acceptors (Lipinski definition) is 4. The van der Waals surface area contributed by atoms with Crippen molar-refractivity contribution in [3.63, 3.8) is 0 Å². The first-order valence-corrected chi connectivity index (χ1v) is 8.65. The monoisotopic (exact) mass is 459 g/mol. The maximum Gasteiger partial charge on any atom is 0.191 e. The van der Waals surface area contributed by atoms with Crippen molar-refractivity contribution in [3.05, 3.63) is 45.8 Å². The van der Waals surface area contributed by atoms with Gasteiger partial charge in [-0.2, -0.15) is 0 Å². The van der Waals surface area contributed by atoms with Gasteiger partial charge in [-0.25, -0.2) is 9.98 Å². The van der Waals surface area contributed by atoms with Crippen molar-refractivity contribution in [3.8, 4) is 0 Å². The highest BCUT2D eigenvalue weighted by Gasteiger charge is 2.03. The molecule has 0 spiro atoms. The first-order chi connectivity index (χ1) is 11.1. The molecule has 0 atom stereocenters. The zero-order chi connectivity index (χ0) is 16.7. The normalized spacial score (nSPS) is 10.9. The summed E-state index contributed by atoms with van der Waals surface area (Å²) in [7, 11) is 3.98. The first-order valence-electron chi connectivity index (χ1n) is 7.77. The van der Waals surface area contributed by atoms with E-state index in [0.717, 1.165) is 30.4 Å². The van der Waals surface area contributed by atoms with E-state index in [1.54, 1.807) is 11.3 Å². The van der Waals surface area contributed by atoms with Crippen molar-refractivity contribution in [2.75, 3.05) is 25.5 Å². The van der Waals surface area contributed by atoms with E-state index >= 15 is 0 Å². The van der Waals surface area contributed by atoms with E-state index in [4.69, 9.17) is 0 Å². The molecule has 0 unspecified atom stereocenters. The van der Waals surface area contributed by atoms with Crippen LogP contribution in [0, 0.1) is 6.92 Å². The molecule has 2 rings (SSSR count). The fourth-order valence-electron chi connectivity index (χ4n) is 2.06. The van der Waals surface area contributed by atoms with Crippen LogP contribution in [-0.4, -0.2) is 31.6 Å². The van der Waals surface area contributed by atoms with Crippen LogP contribution in [0.2, 0.25) is 0 Å². The summed E-state index contributed by atoms with van der Waals surface area (Å²) in [6, 6.07) is 6.21. The molecule has 132 valence electrons. The van der Waals surface area contributed by atoms with Gasteiger partial charge in [0.1, 0.15) is 5.82 Å². The largest absolute Gasteiger partial charge is 0.363 e. The van der Waals surface area contributed by atoms with Gasteiger partial charge in [-0.15, -0.1) is 35.3 Å². The summed E-state index contributed by atoms with van der Waals surface area (Å²) in [6.07, 6.45) is 1.83. The van der Waals surface area contributed by atoms with E-state index < -0.39 is 0 Å². The lowest BCUT2D eigenvalue weighted by Gasteiger charge is -2.13. The van der Waals surface area contributed by atoms with E-state index in [9.17, 15) is 0 Å². The summed E-state index contributed by atoms with van der Waals surface area (Å²) in [5.41, 5.74) is 2.47. The highest BCUT2D eigenvalue weighted by molar-refractivity contribution is 14.0. The van der Waals surface area contributed by atoms with Gasteiger partial charge in [-0.3, -0.25) is 0 Å². The Bertz CT molecular complexity index is 654. The molecule has 7 heteroatoms. The molecule has 5 nitrogen and oxygen atoms in total. The van der Waals surface area contributed by atoms with Gasteiger partial charge in [-0.05, 0) is 48.6 Å². The third-order valence-corrected chi connectivity index (χ3v) is 4.44. The number of aryl methyl sites for hydroxylation is 1. The molecular formula is C17H26IN5S. The lowest BCUT2D eigenvalue weighted by molar-refractivity contribution is 0.820. The van der Waals surface area contributed by atoms with E-state index in [1.165, 1.54) is 10.4 Å². The molecule has 2 N–H and O–H groups in total. The molecule has 24 heavy (non-hydrogen) atoms. The van der Waals surface area contributed by atoms with Gasteiger partial charge in [-0.1, -0.05) is 0 Å². The van der Waals surface area contributed by atoms with Crippen LogP contribution in [0.1, 0.15) is 22.9 Å². The summed E-state index contributed by atoms with van der Waals surface area (Å²) in [6.45, 7) is 6.48. The number of nitrogens with zero attached hydrogens (tertiary/aromatic N) is 3. The molecule has 0 bridgehead atoms. The zero-order valence-electron chi connectivity index (χ0n) is 14.7. The summed E-state index contributed by atoms with van der Waals surface area (Å²) in [5.74, 6) is 1.79. The Labute approximate surface area is 165 Å². The Kier molecular flexibility index (Phi) is 9.05. The average Bonchev–Trinajstić information content (AvgIpc) is 2.95. The van der Waals surface area contributed by atoms with Crippen LogP contribution in [0.4, 0.5) is 5.82 Å². The van der Waals surface area contributed by atoms with Crippen LogP contribution in [0.25, 0.3) is 0 Å². The molecule has 0 amide bonds. The van der Waals surface area contributed by atoms with Gasteiger partial charge in [0.25, 0.3) is 0 Å². The number of halogens is 1. The predicted molar refractivity (Wildman–Crippen MR) is 115 cm³/mol. The second kappa shape index (κ2) is 10.5. The van der Waals surface area contributed by atoms with Crippen molar-refractivity contribution in [1.82, 2.24) is 15.6 Å². The molecule has 0 aliphatic heterocycles. The SMILES string of the molecule is CCNC(=NCc1ccnc(N(C)C)c1)NCc1sccc1C.I. The van der Waals surface area contributed by atoms with E-state index in [2.05, 4.69) is 52.0 Å². The smallest absolute Gasteiger partial charge is 0.191 e. The third-order valence-electron chi connectivity index (χ3n) is 3.42. The number of nitrogens with one attached hydrogen (secondary N) is 2. The van der Waals surface area contributed by atoms with Crippen LogP contribution in [-0.2, 0) is 13.1 Å². The molecular weight excluding hydrogens is 433 g/mol. The van der Waals surface area contributed by atoms with Crippen LogP contribution < -0.4 is 15.5 Å². The van der Waals surface area contributed by atoms with E-state index in [-0.39, 0.29) is 24.0 Å². The molecule has 2 heterocycles. The van der Waals surface area contributed by atoms with Crippen molar-refractivity contribution in [2.45, 2.75) is 26.9 Å². The zero-order valence-corrected chi connectivity index (χ0v) is 17.8. The van der Waals surface area contributed by atoms with Crippen molar-refractivity contribution in [2.24, 2.45) is 4.99 Å². The topological polar surface area (TPSA) is 52.6 Å². The van der Waals surface area contributed by atoms with Gasteiger partial charge in [0.2, 0.25) is 0 Å². The highest BCUT2D eigenvalue weighted by Crippen LogP contribution is 2.15. The molecule has 0 saturated carbocycles. The number of pyridine rings is 1. The number of rotatable bonds is 6. The van der Waals surface area contributed by atoms with Gasteiger partial charge in [0, 0.05) is 31.7 Å². The molecule has 2 aromatic heterocycles. The molecule has 0 saturated heterocycles. The molecule has 0 aliphatic rings. The minimum atomic E-state index is 0. The van der Waals surface area contributed by atoms with Gasteiger partial charge < -0.3 is 15.5 Å². The summed E-state index contributed by atoms with van der Waals surface area (Å²) < 4.78 is 0. The van der Waals surface area contributed by atoms with E-state index in [1.807, 2.05) is 31.3 Å². The Hall–Kier alpha value is -1.35. The van der Waals surface area contributed by atoms with Crippen LogP contribution >= 0.6 is 35.3 Å². The molecule has 0 aromatic carbocycles. The lowest BCUT2D eigenvalue weighted by atomic mass is 10.2. The number of anilines is 1. The highest BCUT2D eigenvalue weighted by atomic mass is 127. The Morgan fingerprint density at radius 2 is 2.08 bits per heavy atom. The van der Waals surface area contributed by atoms with Gasteiger partial charge >= 0.3 is 0 Å². The number of hydrogen-bond donors (Lipinski definition) is 2. The maximum absolute atomic E-state index is 4.67. The average molecular weight is 459 g/mol. The fourth-order valence-corrected chi connectivity index (χ4v) is 2.91. The molecule has 0 aliphatic carbocycles. The minimum absolute atomic E-state index is 0. The first kappa shape index (κ1) is 20.7. The molecule has 2 aromatic rings. The van der Waals surface area contributed by atoms with Crippen LogP contribution in [0.5, 0.6) is 0 Å². The Morgan fingerprint density at radius 1 is 1.29 bits per heavy atom. The van der Waals surface area contributed by atoms with Crippen molar-refractivity contribution < 1.29 is 0 Å². The second-order valence-electron chi connectivity index (χ2n) is 5.49. The molecule has 0 radical (unpaired) electrons. The van der Waals surface area contributed by atoms with Crippen LogP contribution in [0.3, 0.4) is 0 Å². The second-order valence-corrected chi connectivity index (χ2v) is 6.49. The number of thiophene rings is 1. The molecule has 0 fully saturated rings. The summed E-state index contributed by atoms with van der Waals surface area (Å²) in [4.78, 5) is 12.3. The number of aromatic nitrogens is 1. The summed E-state index contributed by atoms with van der Waals surface area (Å²) >= 11 is 1.77. The van der Waals surface area contributed by atoms with Crippen LogP contribution in [0.15, 0.2) is 34.8 Å². The fraction of sp³-hybridized carbons (Fsp3) is 0.412. The number of guanidine groups is 1. The third kappa shape index (κ3) is 6.27. The number of aliphatic imine (C=N–C) groups is 1. The standard InChI is InChI=1S/C17H25N5S.HI/c1-5-18-17(21-12-15-13(2)7-9-23-15)20-11-14-6-8-19-16(10-14)22(3)4;/h6-10H,5,11-12H2,1-4H3,(H2,18,20,21);1H. The minimum Gasteiger partial charge on any atom is -0.363 e. The maximum atomic E-state index is 4.67. The predicted octanol–water partition coefficient (Wildman–Crippen LogP) is 3.39. The Morgan fingerprint density at radius 3 is 2.71 bits per heavy atom. The van der Waals surface area contributed by atoms with Crippen molar-refractivity contribution in [1.29, 1.82) is 0 Å². The quantitative estimate of drug-likeness (QED) is 0.395.